The molecule has 1 N–H and O–H groups in total. The molecular formula is C12H18ClN. The Labute approximate surface area is 91.5 Å². The molecule has 1 aromatic rings. The molecule has 2 heteroatoms. The predicted molar refractivity (Wildman–Crippen MR) is 62.8 cm³/mol. The van der Waals surface area contributed by atoms with E-state index in [9.17, 15) is 0 Å². The van der Waals surface area contributed by atoms with E-state index in [2.05, 4.69) is 32.2 Å². The summed E-state index contributed by atoms with van der Waals surface area (Å²) >= 11 is 5.95. The number of rotatable bonds is 4. The van der Waals surface area contributed by atoms with Crippen LogP contribution in [0.2, 0.25) is 5.02 Å². The zero-order valence-corrected chi connectivity index (χ0v) is 9.81. The molecule has 0 fully saturated rings. The van der Waals surface area contributed by atoms with Crippen LogP contribution >= 0.6 is 11.6 Å². The van der Waals surface area contributed by atoms with Gasteiger partial charge in [-0.1, -0.05) is 44.5 Å². The van der Waals surface area contributed by atoms with Gasteiger partial charge < -0.3 is 5.32 Å². The molecule has 0 spiro atoms. The summed E-state index contributed by atoms with van der Waals surface area (Å²) in [5.41, 5.74) is 1.27. The van der Waals surface area contributed by atoms with Gasteiger partial charge >= 0.3 is 0 Å². The Balaban J connectivity index is 2.78. The van der Waals surface area contributed by atoms with Gasteiger partial charge in [-0.3, -0.25) is 0 Å². The highest BCUT2D eigenvalue weighted by atomic mass is 35.5. The molecule has 0 aliphatic carbocycles. The smallest absolute Gasteiger partial charge is 0.0409 e. The maximum absolute atomic E-state index is 5.95. The largest absolute Gasteiger partial charge is 0.308 e. The van der Waals surface area contributed by atoms with E-state index in [1.54, 1.807) is 0 Å². The maximum atomic E-state index is 5.95. The molecular weight excluding hydrogens is 194 g/mol. The Morgan fingerprint density at radius 3 is 2.57 bits per heavy atom. The Morgan fingerprint density at radius 1 is 1.36 bits per heavy atom. The van der Waals surface area contributed by atoms with Crippen molar-refractivity contribution >= 4 is 11.6 Å². The minimum absolute atomic E-state index is 0.411. The minimum atomic E-state index is 0.411. The van der Waals surface area contributed by atoms with E-state index in [-0.39, 0.29) is 0 Å². The van der Waals surface area contributed by atoms with Crippen LogP contribution < -0.4 is 5.32 Å². The molecule has 0 heterocycles. The summed E-state index contributed by atoms with van der Waals surface area (Å²) in [5, 5.41) is 4.33. The second kappa shape index (κ2) is 5.38. The van der Waals surface area contributed by atoms with Crippen LogP contribution in [0, 0.1) is 0 Å². The lowest BCUT2D eigenvalue weighted by Crippen LogP contribution is -2.27. The van der Waals surface area contributed by atoms with Crippen molar-refractivity contribution in [3.63, 3.8) is 0 Å². The molecule has 0 aliphatic rings. The van der Waals surface area contributed by atoms with Crippen molar-refractivity contribution in [1.29, 1.82) is 0 Å². The molecule has 0 saturated heterocycles. The lowest BCUT2D eigenvalue weighted by molar-refractivity contribution is 0.466. The standard InChI is InChI=1S/C12H18ClN/c1-4-12(14-9(2)3)10-6-5-7-11(13)8-10/h5-9,12,14H,4H2,1-3H3/t12-/m0/s1. The highest BCUT2D eigenvalue weighted by Gasteiger charge is 2.09. The van der Waals surface area contributed by atoms with Crippen LogP contribution in [0.1, 0.15) is 38.8 Å². The molecule has 1 nitrogen and oxygen atoms in total. The fourth-order valence-corrected chi connectivity index (χ4v) is 1.77. The van der Waals surface area contributed by atoms with Gasteiger partial charge in [0.1, 0.15) is 0 Å². The van der Waals surface area contributed by atoms with Crippen LogP contribution in [0.15, 0.2) is 24.3 Å². The first-order valence-corrected chi connectivity index (χ1v) is 5.52. The molecule has 14 heavy (non-hydrogen) atoms. The van der Waals surface area contributed by atoms with E-state index in [1.807, 2.05) is 18.2 Å². The van der Waals surface area contributed by atoms with E-state index < -0.39 is 0 Å². The first kappa shape index (κ1) is 11.5. The van der Waals surface area contributed by atoms with Crippen LogP contribution in [0.25, 0.3) is 0 Å². The summed E-state index contributed by atoms with van der Waals surface area (Å²) in [6.07, 6.45) is 1.08. The normalized spacial score (nSPS) is 13.2. The average Bonchev–Trinajstić information content (AvgIpc) is 2.14. The van der Waals surface area contributed by atoms with E-state index in [4.69, 9.17) is 11.6 Å². The van der Waals surface area contributed by atoms with Gasteiger partial charge in [-0.25, -0.2) is 0 Å². The molecule has 0 unspecified atom stereocenters. The van der Waals surface area contributed by atoms with Gasteiger partial charge in [-0.15, -0.1) is 0 Å². The Bertz CT molecular complexity index is 283. The Hall–Kier alpha value is -0.530. The monoisotopic (exact) mass is 211 g/mol. The van der Waals surface area contributed by atoms with E-state index in [1.165, 1.54) is 5.56 Å². The van der Waals surface area contributed by atoms with E-state index in [0.29, 0.717) is 12.1 Å². The molecule has 0 bridgehead atoms. The molecule has 0 amide bonds. The summed E-state index contributed by atoms with van der Waals surface area (Å²) < 4.78 is 0. The molecule has 1 atom stereocenters. The van der Waals surface area contributed by atoms with Gasteiger partial charge in [0.05, 0.1) is 0 Å². The summed E-state index contributed by atoms with van der Waals surface area (Å²) in [6.45, 7) is 6.50. The Morgan fingerprint density at radius 2 is 2.07 bits per heavy atom. The molecule has 1 aromatic carbocycles. The summed E-state index contributed by atoms with van der Waals surface area (Å²) in [6, 6.07) is 8.98. The van der Waals surface area contributed by atoms with Gasteiger partial charge in [-0.05, 0) is 24.1 Å². The van der Waals surface area contributed by atoms with Crippen LogP contribution in [-0.4, -0.2) is 6.04 Å². The van der Waals surface area contributed by atoms with Crippen molar-refractivity contribution in [3.8, 4) is 0 Å². The SMILES string of the molecule is CC[C@H](NC(C)C)c1cccc(Cl)c1. The van der Waals surface area contributed by atoms with Crippen LogP contribution in [0.4, 0.5) is 0 Å². The number of halogens is 1. The zero-order chi connectivity index (χ0) is 10.6. The third-order valence-corrected chi connectivity index (χ3v) is 2.43. The van der Waals surface area contributed by atoms with Crippen molar-refractivity contribution in [2.75, 3.05) is 0 Å². The van der Waals surface area contributed by atoms with Gasteiger partial charge in [0.25, 0.3) is 0 Å². The number of hydrogen-bond acceptors (Lipinski definition) is 1. The summed E-state index contributed by atoms with van der Waals surface area (Å²) in [4.78, 5) is 0. The molecule has 0 aromatic heterocycles. The van der Waals surface area contributed by atoms with Gasteiger partial charge in [-0.2, -0.15) is 0 Å². The highest BCUT2D eigenvalue weighted by molar-refractivity contribution is 6.30. The second-order valence-electron chi connectivity index (χ2n) is 3.84. The predicted octanol–water partition coefficient (Wildman–Crippen LogP) is 3.79. The molecule has 1 rings (SSSR count). The van der Waals surface area contributed by atoms with E-state index >= 15 is 0 Å². The number of hydrogen-bond donors (Lipinski definition) is 1. The van der Waals surface area contributed by atoms with Gasteiger partial charge in [0.15, 0.2) is 0 Å². The first-order valence-electron chi connectivity index (χ1n) is 5.15. The second-order valence-corrected chi connectivity index (χ2v) is 4.27. The number of nitrogens with one attached hydrogen (secondary N) is 1. The molecule has 0 radical (unpaired) electrons. The summed E-state index contributed by atoms with van der Waals surface area (Å²) in [5.74, 6) is 0. The van der Waals surface area contributed by atoms with Gasteiger partial charge in [0.2, 0.25) is 0 Å². The van der Waals surface area contributed by atoms with Crippen molar-refractivity contribution < 1.29 is 0 Å². The van der Waals surface area contributed by atoms with Crippen molar-refractivity contribution in [1.82, 2.24) is 5.32 Å². The average molecular weight is 212 g/mol. The summed E-state index contributed by atoms with van der Waals surface area (Å²) in [7, 11) is 0. The third kappa shape index (κ3) is 3.32. The molecule has 78 valence electrons. The lowest BCUT2D eigenvalue weighted by atomic mass is 10.0. The van der Waals surface area contributed by atoms with Crippen molar-refractivity contribution in [2.24, 2.45) is 0 Å². The van der Waals surface area contributed by atoms with Crippen molar-refractivity contribution in [3.05, 3.63) is 34.9 Å². The highest BCUT2D eigenvalue weighted by Crippen LogP contribution is 2.20. The topological polar surface area (TPSA) is 12.0 Å². The van der Waals surface area contributed by atoms with E-state index in [0.717, 1.165) is 11.4 Å². The molecule has 0 saturated carbocycles. The maximum Gasteiger partial charge on any atom is 0.0409 e. The van der Waals surface area contributed by atoms with Crippen LogP contribution in [0.5, 0.6) is 0 Å². The minimum Gasteiger partial charge on any atom is -0.308 e. The molecule has 0 aliphatic heterocycles. The lowest BCUT2D eigenvalue weighted by Gasteiger charge is -2.20. The fourth-order valence-electron chi connectivity index (χ4n) is 1.58. The zero-order valence-electron chi connectivity index (χ0n) is 9.05. The van der Waals surface area contributed by atoms with Crippen molar-refractivity contribution in [2.45, 2.75) is 39.3 Å². The van der Waals surface area contributed by atoms with Crippen LogP contribution in [0.3, 0.4) is 0 Å². The van der Waals surface area contributed by atoms with Gasteiger partial charge in [0, 0.05) is 17.1 Å². The Kier molecular flexibility index (Phi) is 4.43. The quantitative estimate of drug-likeness (QED) is 0.799. The first-order chi connectivity index (χ1) is 6.63. The number of benzene rings is 1. The third-order valence-electron chi connectivity index (χ3n) is 2.19. The van der Waals surface area contributed by atoms with Crippen LogP contribution in [-0.2, 0) is 0 Å². The fraction of sp³-hybridized carbons (Fsp3) is 0.500.